The lowest BCUT2D eigenvalue weighted by atomic mass is 9.98. The van der Waals surface area contributed by atoms with Gasteiger partial charge in [-0.2, -0.15) is 0 Å². The van der Waals surface area contributed by atoms with Gasteiger partial charge in [0.05, 0.1) is 5.69 Å². The number of thiophene rings is 1. The van der Waals surface area contributed by atoms with Crippen LogP contribution in [0.1, 0.15) is 23.3 Å². The lowest BCUT2D eigenvalue weighted by molar-refractivity contribution is 0.171. The van der Waals surface area contributed by atoms with E-state index in [1.165, 1.54) is 23.3 Å². The smallest absolute Gasteiger partial charge is 0.323 e. The maximum atomic E-state index is 12.2. The molecule has 0 unspecified atom stereocenters. The SMILES string of the molecule is O=C(Nc1ccc2c(c1)OCCO2)Nc1csc2c1CCCC2. The third kappa shape index (κ3) is 2.99. The number of carbonyl (C=O) groups is 1. The van der Waals surface area contributed by atoms with Gasteiger partial charge in [-0.15, -0.1) is 11.3 Å². The van der Waals surface area contributed by atoms with Crippen molar-refractivity contribution in [2.24, 2.45) is 0 Å². The Balaban J connectivity index is 1.45. The summed E-state index contributed by atoms with van der Waals surface area (Å²) in [5.41, 5.74) is 2.94. The fourth-order valence-corrected chi connectivity index (χ4v) is 4.08. The Kier molecular flexibility index (Phi) is 3.83. The molecule has 0 bridgehead atoms. The molecule has 0 atom stereocenters. The monoisotopic (exact) mass is 330 g/mol. The average Bonchev–Trinajstić information content (AvgIpc) is 2.98. The summed E-state index contributed by atoms with van der Waals surface area (Å²) in [5, 5.41) is 7.86. The van der Waals surface area contributed by atoms with Gasteiger partial charge >= 0.3 is 6.03 Å². The number of benzene rings is 1. The van der Waals surface area contributed by atoms with E-state index in [1.54, 1.807) is 17.4 Å². The molecule has 0 saturated carbocycles. The molecular formula is C17H18N2O3S. The second kappa shape index (κ2) is 6.12. The molecule has 4 rings (SSSR count). The number of urea groups is 1. The summed E-state index contributed by atoms with van der Waals surface area (Å²) in [6, 6.07) is 5.19. The number of carbonyl (C=O) groups excluding carboxylic acids is 1. The van der Waals surface area contributed by atoms with Crippen molar-refractivity contribution in [3.05, 3.63) is 34.0 Å². The number of amides is 2. The summed E-state index contributed by atoms with van der Waals surface area (Å²) in [5.74, 6) is 1.39. The van der Waals surface area contributed by atoms with E-state index in [-0.39, 0.29) is 6.03 Å². The van der Waals surface area contributed by atoms with Crippen LogP contribution in [0.4, 0.5) is 16.2 Å². The lowest BCUT2D eigenvalue weighted by Crippen LogP contribution is -2.21. The second-order valence-electron chi connectivity index (χ2n) is 5.70. The topological polar surface area (TPSA) is 59.6 Å². The number of anilines is 2. The fraction of sp³-hybridized carbons (Fsp3) is 0.353. The van der Waals surface area contributed by atoms with Gasteiger partial charge in [0.2, 0.25) is 0 Å². The molecule has 1 aromatic heterocycles. The van der Waals surface area contributed by atoms with Crippen LogP contribution in [0.15, 0.2) is 23.6 Å². The van der Waals surface area contributed by atoms with Crippen LogP contribution < -0.4 is 20.1 Å². The van der Waals surface area contributed by atoms with Gasteiger partial charge in [-0.25, -0.2) is 4.79 Å². The molecule has 120 valence electrons. The maximum Gasteiger partial charge on any atom is 0.323 e. The number of hydrogen-bond acceptors (Lipinski definition) is 4. The minimum atomic E-state index is -0.229. The van der Waals surface area contributed by atoms with Gasteiger partial charge in [0.25, 0.3) is 0 Å². The quantitative estimate of drug-likeness (QED) is 0.873. The van der Waals surface area contributed by atoms with E-state index < -0.39 is 0 Å². The maximum absolute atomic E-state index is 12.2. The van der Waals surface area contributed by atoms with Crippen LogP contribution in [0.5, 0.6) is 11.5 Å². The molecular weight excluding hydrogens is 312 g/mol. The van der Waals surface area contributed by atoms with Gasteiger partial charge in [0, 0.05) is 22.0 Å². The van der Waals surface area contributed by atoms with Crippen LogP contribution in [0.2, 0.25) is 0 Å². The second-order valence-corrected chi connectivity index (χ2v) is 6.66. The zero-order chi connectivity index (χ0) is 15.6. The summed E-state index contributed by atoms with van der Waals surface area (Å²) < 4.78 is 11.0. The van der Waals surface area contributed by atoms with Crippen LogP contribution in [-0.4, -0.2) is 19.2 Å². The van der Waals surface area contributed by atoms with Crippen molar-refractivity contribution in [3.63, 3.8) is 0 Å². The van der Waals surface area contributed by atoms with E-state index >= 15 is 0 Å². The standard InChI is InChI=1S/C17H18N2O3S/c20-17(19-13-10-23-16-4-2-1-3-12(13)16)18-11-5-6-14-15(9-11)22-8-7-21-14/h5-6,9-10H,1-4,7-8H2,(H2,18,19,20). The lowest BCUT2D eigenvalue weighted by Gasteiger charge is -2.19. The predicted molar refractivity (Wildman–Crippen MR) is 91.0 cm³/mol. The van der Waals surface area contributed by atoms with Crippen LogP contribution >= 0.6 is 11.3 Å². The number of hydrogen-bond donors (Lipinski definition) is 2. The molecule has 2 amide bonds. The molecule has 0 radical (unpaired) electrons. The van der Waals surface area contributed by atoms with E-state index in [1.807, 2.05) is 17.5 Å². The zero-order valence-electron chi connectivity index (χ0n) is 12.7. The molecule has 6 heteroatoms. The van der Waals surface area contributed by atoms with Crippen molar-refractivity contribution in [2.45, 2.75) is 25.7 Å². The van der Waals surface area contributed by atoms with Crippen LogP contribution in [0, 0.1) is 0 Å². The summed E-state index contributed by atoms with van der Waals surface area (Å²) in [4.78, 5) is 13.7. The third-order valence-electron chi connectivity index (χ3n) is 4.11. The van der Waals surface area contributed by atoms with E-state index in [2.05, 4.69) is 10.6 Å². The minimum Gasteiger partial charge on any atom is -0.486 e. The van der Waals surface area contributed by atoms with E-state index in [0.717, 1.165) is 18.5 Å². The van der Waals surface area contributed by atoms with Gasteiger partial charge in [-0.3, -0.25) is 0 Å². The summed E-state index contributed by atoms with van der Waals surface area (Å²) >= 11 is 1.74. The normalized spacial score (nSPS) is 15.7. The Morgan fingerprint density at radius 3 is 2.78 bits per heavy atom. The Labute approximate surface area is 138 Å². The van der Waals surface area contributed by atoms with Crippen molar-refractivity contribution >= 4 is 28.7 Å². The fourth-order valence-electron chi connectivity index (χ4n) is 3.00. The van der Waals surface area contributed by atoms with Crippen LogP contribution in [0.25, 0.3) is 0 Å². The van der Waals surface area contributed by atoms with Crippen molar-refractivity contribution in [3.8, 4) is 11.5 Å². The van der Waals surface area contributed by atoms with Crippen LogP contribution in [-0.2, 0) is 12.8 Å². The number of fused-ring (bicyclic) bond motifs is 2. The average molecular weight is 330 g/mol. The first-order chi connectivity index (χ1) is 11.3. The van der Waals surface area contributed by atoms with Crippen molar-refractivity contribution in [1.82, 2.24) is 0 Å². The highest BCUT2D eigenvalue weighted by atomic mass is 32.1. The molecule has 23 heavy (non-hydrogen) atoms. The Morgan fingerprint density at radius 2 is 1.87 bits per heavy atom. The van der Waals surface area contributed by atoms with E-state index in [0.29, 0.717) is 30.4 Å². The van der Waals surface area contributed by atoms with Gasteiger partial charge in [0.1, 0.15) is 13.2 Å². The van der Waals surface area contributed by atoms with Gasteiger partial charge in [-0.1, -0.05) is 0 Å². The zero-order valence-corrected chi connectivity index (χ0v) is 13.5. The molecule has 2 N–H and O–H groups in total. The molecule has 1 aromatic carbocycles. The number of rotatable bonds is 2. The summed E-state index contributed by atoms with van der Waals surface area (Å²) in [6.45, 7) is 1.09. The highest BCUT2D eigenvalue weighted by molar-refractivity contribution is 7.10. The minimum absolute atomic E-state index is 0.229. The third-order valence-corrected chi connectivity index (χ3v) is 5.20. The van der Waals surface area contributed by atoms with Gasteiger partial charge < -0.3 is 20.1 Å². The highest BCUT2D eigenvalue weighted by Crippen LogP contribution is 2.34. The van der Waals surface area contributed by atoms with Gasteiger partial charge in [-0.05, 0) is 43.4 Å². The Hall–Kier alpha value is -2.21. The molecule has 0 saturated heterocycles. The largest absolute Gasteiger partial charge is 0.486 e. The molecule has 5 nitrogen and oxygen atoms in total. The number of aryl methyl sites for hydroxylation is 1. The molecule has 2 aliphatic rings. The molecule has 2 aromatic rings. The Bertz CT molecular complexity index is 741. The van der Waals surface area contributed by atoms with Crippen molar-refractivity contribution in [2.75, 3.05) is 23.8 Å². The number of ether oxygens (including phenoxy) is 2. The van der Waals surface area contributed by atoms with E-state index in [4.69, 9.17) is 9.47 Å². The predicted octanol–water partition coefficient (Wildman–Crippen LogP) is 4.04. The first kappa shape index (κ1) is 14.4. The summed E-state index contributed by atoms with van der Waals surface area (Å²) in [6.07, 6.45) is 4.63. The molecule has 0 spiro atoms. The van der Waals surface area contributed by atoms with Crippen LogP contribution in [0.3, 0.4) is 0 Å². The molecule has 1 aliphatic carbocycles. The molecule has 0 fully saturated rings. The Morgan fingerprint density at radius 1 is 1.04 bits per heavy atom. The first-order valence-electron chi connectivity index (χ1n) is 7.86. The number of nitrogens with one attached hydrogen (secondary N) is 2. The van der Waals surface area contributed by atoms with Crippen molar-refractivity contribution in [1.29, 1.82) is 0 Å². The highest BCUT2D eigenvalue weighted by Gasteiger charge is 2.17. The molecule has 1 aliphatic heterocycles. The van der Waals surface area contributed by atoms with Crippen molar-refractivity contribution < 1.29 is 14.3 Å². The first-order valence-corrected chi connectivity index (χ1v) is 8.74. The van der Waals surface area contributed by atoms with E-state index in [9.17, 15) is 4.79 Å². The van der Waals surface area contributed by atoms with Gasteiger partial charge in [0.15, 0.2) is 11.5 Å². The summed E-state index contributed by atoms with van der Waals surface area (Å²) in [7, 11) is 0. The molecule has 2 heterocycles.